The van der Waals surface area contributed by atoms with Crippen LogP contribution < -0.4 is 4.90 Å². The maximum Gasteiger partial charge on any atom is 0.227 e. The van der Waals surface area contributed by atoms with Crippen LogP contribution in [0.25, 0.3) is 55.6 Å². The third-order valence-corrected chi connectivity index (χ3v) is 7.94. The zero-order valence-corrected chi connectivity index (χ0v) is 23.8. The van der Waals surface area contributed by atoms with Gasteiger partial charge in [0.1, 0.15) is 16.7 Å². The number of aromatic nitrogens is 1. The Kier molecular flexibility index (Phi) is 6.12. The van der Waals surface area contributed by atoms with Gasteiger partial charge in [0.05, 0.1) is 23.3 Å². The lowest BCUT2D eigenvalue weighted by molar-refractivity contribution is 0.620. The Balaban J connectivity index is 1.22. The van der Waals surface area contributed by atoms with Crippen LogP contribution in [0.3, 0.4) is 0 Å². The van der Waals surface area contributed by atoms with E-state index in [2.05, 4.69) is 53.5 Å². The van der Waals surface area contributed by atoms with Crippen molar-refractivity contribution in [1.29, 1.82) is 10.5 Å². The van der Waals surface area contributed by atoms with Crippen molar-refractivity contribution in [3.63, 3.8) is 0 Å². The van der Waals surface area contributed by atoms with Crippen molar-refractivity contribution in [3.8, 4) is 34.7 Å². The van der Waals surface area contributed by atoms with E-state index in [0.29, 0.717) is 22.7 Å². The lowest BCUT2D eigenvalue weighted by atomic mass is 10.0. The monoisotopic (exact) mass is 578 g/mol. The number of fused-ring (bicyclic) bond motifs is 4. The zero-order chi connectivity index (χ0) is 30.3. The molecular formula is C39H22N4O2. The van der Waals surface area contributed by atoms with E-state index in [1.165, 1.54) is 0 Å². The van der Waals surface area contributed by atoms with Gasteiger partial charge in [-0.2, -0.15) is 10.5 Å². The smallest absolute Gasteiger partial charge is 0.227 e. The van der Waals surface area contributed by atoms with Crippen LogP contribution in [0.15, 0.2) is 142 Å². The van der Waals surface area contributed by atoms with Crippen molar-refractivity contribution in [2.75, 3.05) is 4.90 Å². The van der Waals surface area contributed by atoms with Crippen molar-refractivity contribution in [2.45, 2.75) is 0 Å². The fourth-order valence-electron chi connectivity index (χ4n) is 5.83. The van der Waals surface area contributed by atoms with E-state index in [1.807, 2.05) is 83.8 Å². The first-order valence-electron chi connectivity index (χ1n) is 14.4. The summed E-state index contributed by atoms with van der Waals surface area (Å²) in [6.07, 6.45) is 0. The molecule has 0 aliphatic heterocycles. The Labute approximate surface area is 258 Å². The van der Waals surface area contributed by atoms with Gasteiger partial charge in [0.15, 0.2) is 5.58 Å². The van der Waals surface area contributed by atoms with Crippen molar-refractivity contribution in [3.05, 3.63) is 145 Å². The number of anilines is 3. The molecule has 0 aliphatic carbocycles. The van der Waals surface area contributed by atoms with Crippen molar-refractivity contribution < 1.29 is 8.83 Å². The highest BCUT2D eigenvalue weighted by Crippen LogP contribution is 2.40. The molecule has 0 fully saturated rings. The van der Waals surface area contributed by atoms with Gasteiger partial charge in [0.2, 0.25) is 5.89 Å². The van der Waals surface area contributed by atoms with E-state index in [9.17, 15) is 10.5 Å². The van der Waals surface area contributed by atoms with Crippen LogP contribution in [0.4, 0.5) is 17.1 Å². The van der Waals surface area contributed by atoms with Gasteiger partial charge in [0.25, 0.3) is 0 Å². The molecule has 8 rings (SSSR count). The number of hydrogen-bond donors (Lipinski definition) is 0. The molecule has 0 N–H and O–H groups in total. The van der Waals surface area contributed by atoms with Gasteiger partial charge in [-0.15, -0.1) is 0 Å². The lowest BCUT2D eigenvalue weighted by Gasteiger charge is -2.26. The summed E-state index contributed by atoms with van der Waals surface area (Å²) in [5.41, 5.74) is 9.32. The second kappa shape index (κ2) is 10.6. The summed E-state index contributed by atoms with van der Waals surface area (Å²) in [6, 6.07) is 47.6. The molecule has 0 unspecified atom stereocenters. The molecule has 8 aromatic rings. The van der Waals surface area contributed by atoms with Gasteiger partial charge in [-0.25, -0.2) is 4.98 Å². The second-order valence-corrected chi connectivity index (χ2v) is 10.7. The van der Waals surface area contributed by atoms with Crippen LogP contribution in [0.2, 0.25) is 0 Å². The van der Waals surface area contributed by atoms with Crippen LogP contribution in [0.1, 0.15) is 11.1 Å². The Hall–Kier alpha value is -6.63. The molecule has 0 spiro atoms. The van der Waals surface area contributed by atoms with Gasteiger partial charge in [-0.3, -0.25) is 0 Å². The summed E-state index contributed by atoms with van der Waals surface area (Å²) < 4.78 is 12.3. The molecule has 2 heterocycles. The van der Waals surface area contributed by atoms with E-state index in [1.54, 1.807) is 18.2 Å². The molecular weight excluding hydrogens is 556 g/mol. The Morgan fingerprint density at radius 2 is 1.16 bits per heavy atom. The summed E-state index contributed by atoms with van der Waals surface area (Å²) in [5, 5.41) is 21.6. The molecule has 0 saturated carbocycles. The number of nitriles is 2. The number of nitrogens with zero attached hydrogens (tertiary/aromatic N) is 4. The van der Waals surface area contributed by atoms with E-state index in [0.717, 1.165) is 61.1 Å². The van der Waals surface area contributed by atoms with E-state index in [4.69, 9.17) is 8.83 Å². The normalized spacial score (nSPS) is 11.1. The summed E-state index contributed by atoms with van der Waals surface area (Å²) in [7, 11) is 0. The van der Waals surface area contributed by atoms with Crippen LogP contribution in [-0.4, -0.2) is 4.98 Å². The Morgan fingerprint density at radius 1 is 0.533 bits per heavy atom. The average molecular weight is 579 g/mol. The first-order valence-corrected chi connectivity index (χ1v) is 14.4. The number of rotatable bonds is 5. The summed E-state index contributed by atoms with van der Waals surface area (Å²) >= 11 is 0. The zero-order valence-electron chi connectivity index (χ0n) is 23.8. The standard InChI is InChI=1S/C39H22N4O2/c40-23-25-20-26(24-41)22-31(21-25)43(30-18-14-28(15-19-30)39-42-35-9-2-4-11-37(35)45-39)29-16-12-27(13-17-29)32-7-5-8-34-33-6-1-3-10-36(33)44-38(32)34/h1-22H. The van der Waals surface area contributed by atoms with Crippen LogP contribution >= 0.6 is 0 Å². The summed E-state index contributed by atoms with van der Waals surface area (Å²) in [6.45, 7) is 0. The van der Waals surface area contributed by atoms with Crippen molar-refractivity contribution in [1.82, 2.24) is 4.98 Å². The third kappa shape index (κ3) is 4.55. The first kappa shape index (κ1) is 26.0. The highest BCUT2D eigenvalue weighted by atomic mass is 16.3. The minimum Gasteiger partial charge on any atom is -0.455 e. The maximum absolute atomic E-state index is 9.72. The molecule has 45 heavy (non-hydrogen) atoms. The molecule has 210 valence electrons. The first-order chi connectivity index (χ1) is 22.2. The molecule has 6 heteroatoms. The van der Waals surface area contributed by atoms with E-state index >= 15 is 0 Å². The topological polar surface area (TPSA) is 90.0 Å². The van der Waals surface area contributed by atoms with E-state index < -0.39 is 0 Å². The van der Waals surface area contributed by atoms with Gasteiger partial charge >= 0.3 is 0 Å². The fraction of sp³-hybridized carbons (Fsp3) is 0. The Morgan fingerprint density at radius 3 is 1.84 bits per heavy atom. The van der Waals surface area contributed by atoms with Crippen molar-refractivity contribution in [2.24, 2.45) is 0 Å². The quantitative estimate of drug-likeness (QED) is 0.202. The highest BCUT2D eigenvalue weighted by Gasteiger charge is 2.17. The number of para-hydroxylation sites is 4. The van der Waals surface area contributed by atoms with Gasteiger partial charge < -0.3 is 13.7 Å². The molecule has 2 aromatic heterocycles. The molecule has 0 amide bonds. The molecule has 6 aromatic carbocycles. The number of furan rings is 1. The third-order valence-electron chi connectivity index (χ3n) is 7.94. The summed E-state index contributed by atoms with van der Waals surface area (Å²) in [4.78, 5) is 6.66. The maximum atomic E-state index is 9.72. The van der Waals surface area contributed by atoms with E-state index in [-0.39, 0.29) is 0 Å². The highest BCUT2D eigenvalue weighted by molar-refractivity contribution is 6.09. The molecule has 0 aliphatic rings. The molecule has 0 radical (unpaired) electrons. The minimum atomic E-state index is 0.408. The van der Waals surface area contributed by atoms with Gasteiger partial charge in [-0.05, 0) is 78.4 Å². The predicted molar refractivity (Wildman–Crippen MR) is 176 cm³/mol. The largest absolute Gasteiger partial charge is 0.455 e. The Bertz CT molecular complexity index is 2390. The molecule has 0 atom stereocenters. The van der Waals surface area contributed by atoms with Gasteiger partial charge in [0, 0.05) is 39.0 Å². The van der Waals surface area contributed by atoms with Crippen LogP contribution in [0, 0.1) is 22.7 Å². The minimum absolute atomic E-state index is 0.408. The number of oxazole rings is 1. The van der Waals surface area contributed by atoms with Crippen LogP contribution in [0.5, 0.6) is 0 Å². The number of hydrogen-bond acceptors (Lipinski definition) is 6. The SMILES string of the molecule is N#Cc1cc(C#N)cc(N(c2ccc(-c3nc4ccccc4o3)cc2)c2ccc(-c3cccc4c3oc3ccccc34)cc2)c1. The number of benzene rings is 6. The summed E-state index contributed by atoms with van der Waals surface area (Å²) in [5.74, 6) is 0.539. The van der Waals surface area contributed by atoms with Crippen molar-refractivity contribution >= 4 is 50.1 Å². The molecule has 6 nitrogen and oxygen atoms in total. The fourth-order valence-corrected chi connectivity index (χ4v) is 5.83. The molecule has 0 bridgehead atoms. The second-order valence-electron chi connectivity index (χ2n) is 10.7. The predicted octanol–water partition coefficient (Wildman–Crippen LogP) is 10.3. The lowest BCUT2D eigenvalue weighted by Crippen LogP contribution is -2.10. The average Bonchev–Trinajstić information content (AvgIpc) is 3.71. The van der Waals surface area contributed by atoms with Crippen LogP contribution in [-0.2, 0) is 0 Å². The van der Waals surface area contributed by atoms with Gasteiger partial charge in [-0.1, -0.05) is 60.7 Å². The molecule has 0 saturated heterocycles.